The van der Waals surface area contributed by atoms with Crippen molar-refractivity contribution in [2.45, 2.75) is 40.2 Å². The van der Waals surface area contributed by atoms with Crippen LogP contribution in [0.1, 0.15) is 30.0 Å². The Morgan fingerprint density at radius 1 is 1.13 bits per heavy atom. The third kappa shape index (κ3) is 4.49. The molecule has 1 N–H and O–H groups in total. The lowest BCUT2D eigenvalue weighted by atomic mass is 10.1. The average molecular weight is 332 g/mol. The van der Waals surface area contributed by atoms with Crippen LogP contribution in [0.25, 0.3) is 0 Å². The monoisotopic (exact) mass is 331 g/mol. The fourth-order valence-corrected chi connectivity index (χ4v) is 2.46. The number of halogens is 1. The van der Waals surface area contributed by atoms with E-state index in [2.05, 4.69) is 5.32 Å². The summed E-state index contributed by atoms with van der Waals surface area (Å²) in [4.78, 5) is 12.5. The fourth-order valence-electron chi connectivity index (χ4n) is 2.34. The summed E-state index contributed by atoms with van der Waals surface area (Å²) < 4.78 is 5.83. The molecule has 2 aromatic rings. The largest absolute Gasteiger partial charge is 0.481 e. The van der Waals surface area contributed by atoms with E-state index < -0.39 is 6.10 Å². The van der Waals surface area contributed by atoms with E-state index in [1.54, 1.807) is 12.1 Å². The average Bonchev–Trinajstić information content (AvgIpc) is 2.51. The van der Waals surface area contributed by atoms with Crippen LogP contribution < -0.4 is 10.1 Å². The van der Waals surface area contributed by atoms with E-state index in [0.717, 1.165) is 16.8 Å². The van der Waals surface area contributed by atoms with E-state index in [9.17, 15) is 4.79 Å². The summed E-state index contributed by atoms with van der Waals surface area (Å²) in [6, 6.07) is 11.3. The van der Waals surface area contributed by atoms with Crippen molar-refractivity contribution in [1.82, 2.24) is 0 Å². The van der Waals surface area contributed by atoms with Gasteiger partial charge in [0.2, 0.25) is 0 Å². The number of hydrogen-bond donors (Lipinski definition) is 1. The second kappa shape index (κ2) is 7.51. The molecule has 3 nitrogen and oxygen atoms in total. The van der Waals surface area contributed by atoms with E-state index in [1.165, 1.54) is 5.56 Å². The molecule has 2 rings (SSSR count). The summed E-state index contributed by atoms with van der Waals surface area (Å²) in [6.45, 7) is 7.84. The van der Waals surface area contributed by atoms with Gasteiger partial charge in [0.15, 0.2) is 6.10 Å². The van der Waals surface area contributed by atoms with Crippen molar-refractivity contribution in [3.05, 3.63) is 58.1 Å². The van der Waals surface area contributed by atoms with Crippen molar-refractivity contribution in [2.24, 2.45) is 0 Å². The SMILES string of the molecule is CC[C@@H](Oc1ccc(Cl)c(C)c1)C(=O)Nc1ccc(C)cc1C. The molecule has 0 aliphatic heterocycles. The van der Waals surface area contributed by atoms with Crippen molar-refractivity contribution in [1.29, 1.82) is 0 Å². The van der Waals surface area contributed by atoms with Gasteiger partial charge in [0.05, 0.1) is 0 Å². The predicted molar refractivity (Wildman–Crippen MR) is 95.4 cm³/mol. The number of carbonyl (C=O) groups is 1. The fraction of sp³-hybridized carbons (Fsp3) is 0.316. The van der Waals surface area contributed by atoms with Gasteiger partial charge in [-0.05, 0) is 62.6 Å². The summed E-state index contributed by atoms with van der Waals surface area (Å²) >= 11 is 6.02. The molecule has 0 radical (unpaired) electrons. The molecule has 0 aliphatic rings. The van der Waals surface area contributed by atoms with Crippen molar-refractivity contribution < 1.29 is 9.53 Å². The maximum atomic E-state index is 12.5. The number of amides is 1. The highest BCUT2D eigenvalue weighted by atomic mass is 35.5. The molecule has 0 saturated heterocycles. The zero-order valence-corrected chi connectivity index (χ0v) is 14.7. The van der Waals surface area contributed by atoms with E-state index in [4.69, 9.17) is 16.3 Å². The van der Waals surface area contributed by atoms with Crippen molar-refractivity contribution in [2.75, 3.05) is 5.32 Å². The Balaban J connectivity index is 2.10. The maximum absolute atomic E-state index is 12.5. The molecule has 0 spiro atoms. The lowest BCUT2D eigenvalue weighted by Gasteiger charge is -2.18. The normalized spacial score (nSPS) is 11.9. The summed E-state index contributed by atoms with van der Waals surface area (Å²) in [6.07, 6.45) is 0.0366. The lowest BCUT2D eigenvalue weighted by molar-refractivity contribution is -0.122. The van der Waals surface area contributed by atoms with E-state index in [-0.39, 0.29) is 5.91 Å². The standard InChI is InChI=1S/C19H22ClNO2/c1-5-18(23-15-7-8-16(20)13(3)11-15)19(22)21-17-9-6-12(2)10-14(17)4/h6-11,18H,5H2,1-4H3,(H,21,22)/t18-/m1/s1. The summed E-state index contributed by atoms with van der Waals surface area (Å²) in [5.41, 5.74) is 3.94. The molecular formula is C19H22ClNO2. The van der Waals surface area contributed by atoms with Gasteiger partial charge >= 0.3 is 0 Å². The molecule has 0 aromatic heterocycles. The molecule has 0 saturated carbocycles. The van der Waals surface area contributed by atoms with Gasteiger partial charge in [0.25, 0.3) is 5.91 Å². The molecule has 0 heterocycles. The van der Waals surface area contributed by atoms with Crippen LogP contribution in [0, 0.1) is 20.8 Å². The van der Waals surface area contributed by atoms with Crippen LogP contribution in [0.2, 0.25) is 5.02 Å². The van der Waals surface area contributed by atoms with Crippen LogP contribution in [0.15, 0.2) is 36.4 Å². The number of nitrogens with one attached hydrogen (secondary N) is 1. The van der Waals surface area contributed by atoms with Gasteiger partial charge in [-0.2, -0.15) is 0 Å². The summed E-state index contributed by atoms with van der Waals surface area (Å²) in [5, 5.41) is 3.63. The smallest absolute Gasteiger partial charge is 0.265 e. The Hall–Kier alpha value is -2.00. The van der Waals surface area contributed by atoms with Crippen molar-refractivity contribution >= 4 is 23.2 Å². The highest BCUT2D eigenvalue weighted by Gasteiger charge is 2.19. The minimum Gasteiger partial charge on any atom is -0.481 e. The molecular weight excluding hydrogens is 310 g/mol. The van der Waals surface area contributed by atoms with Gasteiger partial charge in [-0.1, -0.05) is 36.2 Å². The maximum Gasteiger partial charge on any atom is 0.265 e. The first kappa shape index (κ1) is 17.4. The first-order valence-corrected chi connectivity index (χ1v) is 8.09. The third-order valence-electron chi connectivity index (χ3n) is 3.71. The van der Waals surface area contributed by atoms with Gasteiger partial charge in [-0.15, -0.1) is 0 Å². The molecule has 4 heteroatoms. The number of carbonyl (C=O) groups excluding carboxylic acids is 1. The summed E-state index contributed by atoms with van der Waals surface area (Å²) in [5.74, 6) is 0.501. The molecule has 0 bridgehead atoms. The Kier molecular flexibility index (Phi) is 5.67. The molecule has 2 aromatic carbocycles. The Morgan fingerprint density at radius 3 is 2.48 bits per heavy atom. The van der Waals surface area contributed by atoms with E-state index in [1.807, 2.05) is 52.0 Å². The van der Waals surface area contributed by atoms with Crippen LogP contribution in [0.5, 0.6) is 5.75 Å². The first-order chi connectivity index (χ1) is 10.9. The number of hydrogen-bond acceptors (Lipinski definition) is 2. The molecule has 0 fully saturated rings. The summed E-state index contributed by atoms with van der Waals surface area (Å²) in [7, 11) is 0. The highest BCUT2D eigenvalue weighted by Crippen LogP contribution is 2.23. The quantitative estimate of drug-likeness (QED) is 0.831. The Morgan fingerprint density at radius 2 is 1.87 bits per heavy atom. The highest BCUT2D eigenvalue weighted by molar-refractivity contribution is 6.31. The molecule has 0 aliphatic carbocycles. The second-order valence-electron chi connectivity index (χ2n) is 5.73. The number of benzene rings is 2. The zero-order valence-electron chi connectivity index (χ0n) is 13.9. The predicted octanol–water partition coefficient (Wildman–Crippen LogP) is 5.06. The third-order valence-corrected chi connectivity index (χ3v) is 4.13. The van der Waals surface area contributed by atoms with Crippen molar-refractivity contribution in [3.8, 4) is 5.75 Å². The Bertz CT molecular complexity index is 713. The van der Waals surface area contributed by atoms with Crippen LogP contribution in [-0.2, 0) is 4.79 Å². The molecule has 23 heavy (non-hydrogen) atoms. The lowest BCUT2D eigenvalue weighted by Crippen LogP contribution is -2.32. The first-order valence-electron chi connectivity index (χ1n) is 7.71. The number of rotatable bonds is 5. The van der Waals surface area contributed by atoms with Crippen molar-refractivity contribution in [3.63, 3.8) is 0 Å². The zero-order chi connectivity index (χ0) is 17.0. The topological polar surface area (TPSA) is 38.3 Å². The van der Waals surface area contributed by atoms with Gasteiger partial charge < -0.3 is 10.1 Å². The molecule has 122 valence electrons. The van der Waals surface area contributed by atoms with Crippen LogP contribution in [0.3, 0.4) is 0 Å². The van der Waals surface area contributed by atoms with Gasteiger partial charge in [-0.3, -0.25) is 4.79 Å². The minimum absolute atomic E-state index is 0.146. The number of ether oxygens (including phenoxy) is 1. The Labute approximate surface area is 142 Å². The van der Waals surface area contributed by atoms with Gasteiger partial charge in [0, 0.05) is 10.7 Å². The van der Waals surface area contributed by atoms with Crippen LogP contribution in [0.4, 0.5) is 5.69 Å². The van der Waals surface area contributed by atoms with Crippen LogP contribution >= 0.6 is 11.6 Å². The molecule has 0 unspecified atom stereocenters. The number of aryl methyl sites for hydroxylation is 3. The van der Waals surface area contributed by atoms with E-state index in [0.29, 0.717) is 17.2 Å². The van der Waals surface area contributed by atoms with Gasteiger partial charge in [0.1, 0.15) is 5.75 Å². The van der Waals surface area contributed by atoms with Crippen LogP contribution in [-0.4, -0.2) is 12.0 Å². The van der Waals surface area contributed by atoms with Gasteiger partial charge in [-0.25, -0.2) is 0 Å². The minimum atomic E-state index is -0.545. The number of anilines is 1. The van der Waals surface area contributed by atoms with E-state index >= 15 is 0 Å². The molecule has 1 atom stereocenters. The second-order valence-corrected chi connectivity index (χ2v) is 6.14. The molecule has 1 amide bonds.